The first kappa shape index (κ1) is 20.9. The van der Waals surface area contributed by atoms with E-state index in [4.69, 9.17) is 4.74 Å². The highest BCUT2D eigenvalue weighted by Crippen LogP contribution is 2.17. The molecule has 2 unspecified atom stereocenters. The van der Waals surface area contributed by atoms with Crippen molar-refractivity contribution in [2.45, 2.75) is 38.8 Å². The number of ether oxygens (including phenoxy) is 1. The van der Waals surface area contributed by atoms with Crippen LogP contribution in [0.15, 0.2) is 0 Å². The van der Waals surface area contributed by atoms with Gasteiger partial charge in [0, 0.05) is 32.2 Å². The first-order chi connectivity index (χ1) is 9.24. The van der Waals surface area contributed by atoms with Crippen LogP contribution in [0.4, 0.5) is 0 Å². The van der Waals surface area contributed by atoms with Gasteiger partial charge in [0.2, 0.25) is 5.91 Å². The number of nitrogens with zero attached hydrogens (tertiary/aromatic N) is 2. The summed E-state index contributed by atoms with van der Waals surface area (Å²) in [5, 5.41) is 3.27. The number of hydrogen-bond donors (Lipinski definition) is 1. The molecule has 2 atom stereocenters. The molecule has 2 aliphatic rings. The van der Waals surface area contributed by atoms with E-state index in [1.54, 1.807) is 0 Å². The van der Waals surface area contributed by atoms with E-state index < -0.39 is 0 Å². The fraction of sp³-hybridized carbons (Fsp3) is 0.929. The van der Waals surface area contributed by atoms with E-state index in [1.807, 2.05) is 4.90 Å². The molecule has 5 nitrogen and oxygen atoms in total. The van der Waals surface area contributed by atoms with E-state index in [1.165, 1.54) is 0 Å². The molecule has 0 bridgehead atoms. The molecule has 2 fully saturated rings. The molecule has 21 heavy (non-hydrogen) atoms. The van der Waals surface area contributed by atoms with Crippen LogP contribution in [0.5, 0.6) is 0 Å². The maximum atomic E-state index is 12.3. The minimum absolute atomic E-state index is 0. The topological polar surface area (TPSA) is 44.8 Å². The van der Waals surface area contributed by atoms with Gasteiger partial charge < -0.3 is 15.0 Å². The number of halogens is 2. The Bertz CT molecular complexity index is 298. The third-order valence-electron chi connectivity index (χ3n) is 4.25. The predicted octanol–water partition coefficient (Wildman–Crippen LogP) is 1.15. The summed E-state index contributed by atoms with van der Waals surface area (Å²) in [4.78, 5) is 16.7. The SMILES string of the molecule is CCN(CC)C1CCN(C(=O)CC2CNCCO2)C1.Cl.Cl. The highest BCUT2D eigenvalue weighted by atomic mass is 35.5. The fourth-order valence-corrected chi connectivity index (χ4v) is 3.08. The summed E-state index contributed by atoms with van der Waals surface area (Å²) in [6.07, 6.45) is 1.70. The molecule has 2 aliphatic heterocycles. The zero-order valence-corrected chi connectivity index (χ0v) is 14.7. The highest BCUT2D eigenvalue weighted by Gasteiger charge is 2.30. The largest absolute Gasteiger partial charge is 0.375 e. The van der Waals surface area contributed by atoms with Crippen molar-refractivity contribution >= 4 is 30.7 Å². The summed E-state index contributed by atoms with van der Waals surface area (Å²) in [6.45, 7) is 10.7. The number of amides is 1. The summed E-state index contributed by atoms with van der Waals surface area (Å²) in [7, 11) is 0. The maximum Gasteiger partial charge on any atom is 0.225 e. The third kappa shape index (κ3) is 5.91. The van der Waals surface area contributed by atoms with Crippen LogP contribution in [0.25, 0.3) is 0 Å². The molecule has 2 saturated heterocycles. The monoisotopic (exact) mass is 341 g/mol. The van der Waals surface area contributed by atoms with Crippen molar-refractivity contribution in [3.05, 3.63) is 0 Å². The second-order valence-electron chi connectivity index (χ2n) is 5.40. The molecule has 7 heteroatoms. The smallest absolute Gasteiger partial charge is 0.225 e. The Morgan fingerprint density at radius 2 is 2.05 bits per heavy atom. The van der Waals surface area contributed by atoms with Crippen LogP contribution in [0.2, 0.25) is 0 Å². The normalized spacial score (nSPS) is 25.4. The minimum atomic E-state index is 0. The number of carbonyl (C=O) groups is 1. The predicted molar refractivity (Wildman–Crippen MR) is 89.6 cm³/mol. The highest BCUT2D eigenvalue weighted by molar-refractivity contribution is 5.85. The number of hydrogen-bond acceptors (Lipinski definition) is 4. The quantitative estimate of drug-likeness (QED) is 0.814. The molecule has 1 amide bonds. The fourth-order valence-electron chi connectivity index (χ4n) is 3.08. The molecule has 1 N–H and O–H groups in total. The molecule has 0 aromatic heterocycles. The molecule has 2 heterocycles. The van der Waals surface area contributed by atoms with Crippen LogP contribution in [0.3, 0.4) is 0 Å². The lowest BCUT2D eigenvalue weighted by Gasteiger charge is -2.27. The summed E-state index contributed by atoms with van der Waals surface area (Å²) < 4.78 is 5.60. The average molecular weight is 342 g/mol. The van der Waals surface area contributed by atoms with Gasteiger partial charge in [0.25, 0.3) is 0 Å². The van der Waals surface area contributed by atoms with Crippen molar-refractivity contribution in [3.63, 3.8) is 0 Å². The van der Waals surface area contributed by atoms with Gasteiger partial charge in [0.1, 0.15) is 0 Å². The van der Waals surface area contributed by atoms with Crippen molar-refractivity contribution in [3.8, 4) is 0 Å². The standard InChI is InChI=1S/C14H27N3O2.2ClH/c1-3-16(4-2)12-5-7-17(11-12)14(18)9-13-10-15-6-8-19-13;;/h12-13,15H,3-11H2,1-2H3;2*1H. The summed E-state index contributed by atoms with van der Waals surface area (Å²) in [6, 6.07) is 0.546. The number of carbonyl (C=O) groups excluding carboxylic acids is 1. The van der Waals surface area contributed by atoms with E-state index in [-0.39, 0.29) is 36.8 Å². The molecule has 2 rings (SSSR count). The van der Waals surface area contributed by atoms with Gasteiger partial charge in [-0.3, -0.25) is 9.69 Å². The van der Waals surface area contributed by atoms with Crippen LogP contribution in [-0.4, -0.2) is 73.7 Å². The lowest BCUT2D eigenvalue weighted by molar-refractivity contribution is -0.133. The van der Waals surface area contributed by atoms with Gasteiger partial charge in [0.15, 0.2) is 0 Å². The lowest BCUT2D eigenvalue weighted by atomic mass is 10.2. The Balaban J connectivity index is 0.00000200. The van der Waals surface area contributed by atoms with Crippen molar-refractivity contribution in [1.82, 2.24) is 15.1 Å². The van der Waals surface area contributed by atoms with Gasteiger partial charge in [-0.05, 0) is 19.5 Å². The van der Waals surface area contributed by atoms with Gasteiger partial charge in [0.05, 0.1) is 19.1 Å². The van der Waals surface area contributed by atoms with Gasteiger partial charge in [-0.1, -0.05) is 13.8 Å². The van der Waals surface area contributed by atoms with Crippen LogP contribution in [0.1, 0.15) is 26.7 Å². The Morgan fingerprint density at radius 3 is 2.62 bits per heavy atom. The Hall–Kier alpha value is -0.0700. The van der Waals surface area contributed by atoms with E-state index in [0.717, 1.165) is 52.3 Å². The maximum absolute atomic E-state index is 12.3. The number of nitrogens with one attached hydrogen (secondary N) is 1. The first-order valence-corrected chi connectivity index (χ1v) is 7.58. The number of morpholine rings is 1. The first-order valence-electron chi connectivity index (χ1n) is 7.58. The van der Waals surface area contributed by atoms with E-state index in [0.29, 0.717) is 12.5 Å². The van der Waals surface area contributed by atoms with Gasteiger partial charge in [-0.15, -0.1) is 24.8 Å². The molecule has 0 aromatic carbocycles. The second-order valence-corrected chi connectivity index (χ2v) is 5.40. The van der Waals surface area contributed by atoms with Crippen LogP contribution >= 0.6 is 24.8 Å². The Morgan fingerprint density at radius 1 is 1.33 bits per heavy atom. The molecule has 0 radical (unpaired) electrons. The lowest BCUT2D eigenvalue weighted by Crippen LogP contribution is -2.43. The molecule has 0 aromatic rings. The minimum Gasteiger partial charge on any atom is -0.375 e. The molecular formula is C14H29Cl2N3O2. The zero-order valence-electron chi connectivity index (χ0n) is 13.0. The Labute approximate surface area is 140 Å². The number of likely N-dealkylation sites (N-methyl/N-ethyl adjacent to an activating group) is 1. The van der Waals surface area contributed by atoms with Crippen molar-refractivity contribution < 1.29 is 9.53 Å². The molecular weight excluding hydrogens is 313 g/mol. The van der Waals surface area contributed by atoms with E-state index in [9.17, 15) is 4.79 Å². The van der Waals surface area contributed by atoms with Crippen molar-refractivity contribution in [2.24, 2.45) is 0 Å². The van der Waals surface area contributed by atoms with Crippen LogP contribution < -0.4 is 5.32 Å². The summed E-state index contributed by atoms with van der Waals surface area (Å²) in [5.74, 6) is 0.253. The van der Waals surface area contributed by atoms with Gasteiger partial charge in [-0.2, -0.15) is 0 Å². The van der Waals surface area contributed by atoms with E-state index >= 15 is 0 Å². The average Bonchev–Trinajstić information content (AvgIpc) is 2.91. The van der Waals surface area contributed by atoms with Gasteiger partial charge >= 0.3 is 0 Å². The number of likely N-dealkylation sites (tertiary alicyclic amines) is 1. The second kappa shape index (κ2) is 10.6. The van der Waals surface area contributed by atoms with Crippen LogP contribution in [0, 0.1) is 0 Å². The van der Waals surface area contributed by atoms with Crippen LogP contribution in [-0.2, 0) is 9.53 Å². The molecule has 0 spiro atoms. The van der Waals surface area contributed by atoms with Gasteiger partial charge in [-0.25, -0.2) is 0 Å². The molecule has 0 aliphatic carbocycles. The molecule has 126 valence electrons. The number of rotatable bonds is 5. The zero-order chi connectivity index (χ0) is 13.7. The summed E-state index contributed by atoms with van der Waals surface area (Å²) >= 11 is 0. The van der Waals surface area contributed by atoms with Crippen molar-refractivity contribution in [1.29, 1.82) is 0 Å². The third-order valence-corrected chi connectivity index (χ3v) is 4.25. The summed E-state index contributed by atoms with van der Waals surface area (Å²) in [5.41, 5.74) is 0. The van der Waals surface area contributed by atoms with Crippen molar-refractivity contribution in [2.75, 3.05) is 45.9 Å². The Kier molecular flexibility index (Phi) is 10.6. The molecule has 0 saturated carbocycles. The van der Waals surface area contributed by atoms with E-state index in [2.05, 4.69) is 24.1 Å².